The molecule has 1 N–H and O–H groups in total. The third-order valence-corrected chi connectivity index (χ3v) is 6.29. The highest BCUT2D eigenvalue weighted by Crippen LogP contribution is 2.24. The van der Waals surface area contributed by atoms with Crippen LogP contribution in [0.25, 0.3) is 0 Å². The molecule has 2 saturated heterocycles. The van der Waals surface area contributed by atoms with Crippen molar-refractivity contribution in [2.75, 3.05) is 26.2 Å². The fourth-order valence-electron chi connectivity index (χ4n) is 3.86. The third-order valence-electron chi connectivity index (χ3n) is 5.42. The van der Waals surface area contributed by atoms with E-state index in [0.717, 1.165) is 45.2 Å². The van der Waals surface area contributed by atoms with Crippen LogP contribution in [-0.4, -0.2) is 59.7 Å². The zero-order chi connectivity index (χ0) is 18.5. The van der Waals surface area contributed by atoms with E-state index in [1.165, 1.54) is 11.3 Å². The Kier molecular flexibility index (Phi) is 6.29. The largest absolute Gasteiger partial charge is 0.343 e. The van der Waals surface area contributed by atoms with Crippen LogP contribution in [0.5, 0.6) is 0 Å². The van der Waals surface area contributed by atoms with Gasteiger partial charge < -0.3 is 15.1 Å². The van der Waals surface area contributed by atoms with Crippen LogP contribution in [0, 0.1) is 5.92 Å². The number of rotatable bonds is 4. The monoisotopic (exact) mass is 377 g/mol. The Morgan fingerprint density at radius 2 is 1.77 bits per heavy atom. The maximum Gasteiger partial charge on any atom is 0.262 e. The Balaban J connectivity index is 1.71. The van der Waals surface area contributed by atoms with Gasteiger partial charge in [-0.25, -0.2) is 0 Å². The molecule has 2 aliphatic heterocycles. The molecular weight excluding hydrogens is 350 g/mol. The van der Waals surface area contributed by atoms with Gasteiger partial charge in [0.1, 0.15) is 6.04 Å². The van der Waals surface area contributed by atoms with Gasteiger partial charge in [-0.2, -0.15) is 0 Å². The van der Waals surface area contributed by atoms with Gasteiger partial charge in [-0.05, 0) is 49.5 Å². The summed E-state index contributed by atoms with van der Waals surface area (Å²) in [5.41, 5.74) is 0. The average Bonchev–Trinajstić information content (AvgIpc) is 3.21. The maximum absolute atomic E-state index is 13.2. The second kappa shape index (κ2) is 8.66. The van der Waals surface area contributed by atoms with Gasteiger partial charge in [0.2, 0.25) is 11.8 Å². The van der Waals surface area contributed by atoms with E-state index in [4.69, 9.17) is 0 Å². The van der Waals surface area contributed by atoms with Crippen LogP contribution >= 0.6 is 11.3 Å². The van der Waals surface area contributed by atoms with Gasteiger partial charge in [-0.1, -0.05) is 6.07 Å². The summed E-state index contributed by atoms with van der Waals surface area (Å²) in [5, 5.41) is 4.87. The fourth-order valence-corrected chi connectivity index (χ4v) is 4.49. The van der Waals surface area contributed by atoms with Crippen molar-refractivity contribution >= 4 is 29.1 Å². The van der Waals surface area contributed by atoms with Gasteiger partial charge >= 0.3 is 0 Å². The first-order chi connectivity index (χ1) is 12.6. The van der Waals surface area contributed by atoms with E-state index in [9.17, 15) is 14.4 Å². The zero-order valence-corrected chi connectivity index (χ0v) is 16.1. The summed E-state index contributed by atoms with van der Waals surface area (Å²) in [6.07, 6.45) is 4.70. The number of nitrogens with zero attached hydrogens (tertiary/aromatic N) is 2. The molecule has 0 spiro atoms. The first-order valence-corrected chi connectivity index (χ1v) is 10.3. The quantitative estimate of drug-likeness (QED) is 0.874. The predicted octanol–water partition coefficient (Wildman–Crippen LogP) is 2.12. The highest BCUT2D eigenvalue weighted by Gasteiger charge is 2.36. The van der Waals surface area contributed by atoms with Gasteiger partial charge in [0.05, 0.1) is 4.88 Å². The summed E-state index contributed by atoms with van der Waals surface area (Å²) in [4.78, 5) is 41.7. The molecule has 0 radical (unpaired) electrons. The fraction of sp³-hybridized carbons (Fsp3) is 0.632. The van der Waals surface area contributed by atoms with Crippen molar-refractivity contribution < 1.29 is 14.4 Å². The van der Waals surface area contributed by atoms with Gasteiger partial charge in [-0.3, -0.25) is 14.4 Å². The van der Waals surface area contributed by atoms with Crippen LogP contribution in [0.2, 0.25) is 0 Å². The Morgan fingerprint density at radius 1 is 1.08 bits per heavy atom. The summed E-state index contributed by atoms with van der Waals surface area (Å²) in [5.74, 6) is 0.00848. The number of hydrogen-bond donors (Lipinski definition) is 1. The Labute approximate surface area is 158 Å². The molecular formula is C19H27N3O3S. The lowest BCUT2D eigenvalue weighted by molar-refractivity contribution is -0.136. The molecule has 1 atom stereocenters. The van der Waals surface area contributed by atoms with E-state index in [2.05, 4.69) is 5.32 Å². The molecule has 3 heterocycles. The van der Waals surface area contributed by atoms with Crippen LogP contribution in [0.1, 0.15) is 48.7 Å². The van der Waals surface area contributed by atoms with E-state index >= 15 is 0 Å². The molecule has 1 aromatic heterocycles. The molecule has 0 saturated carbocycles. The van der Waals surface area contributed by atoms with Crippen LogP contribution < -0.4 is 5.32 Å². The van der Waals surface area contributed by atoms with Gasteiger partial charge in [0.25, 0.3) is 5.91 Å². The van der Waals surface area contributed by atoms with E-state index in [1.807, 2.05) is 21.2 Å². The highest BCUT2D eigenvalue weighted by atomic mass is 32.1. The Morgan fingerprint density at radius 3 is 2.35 bits per heavy atom. The zero-order valence-electron chi connectivity index (χ0n) is 15.3. The van der Waals surface area contributed by atoms with Crippen molar-refractivity contribution in [3.05, 3.63) is 22.4 Å². The minimum Gasteiger partial charge on any atom is -0.343 e. The van der Waals surface area contributed by atoms with Crippen molar-refractivity contribution in [2.45, 2.75) is 45.1 Å². The molecule has 6 nitrogen and oxygen atoms in total. The summed E-state index contributed by atoms with van der Waals surface area (Å²) in [6.45, 7) is 4.43. The average molecular weight is 378 g/mol. The first kappa shape index (κ1) is 18.9. The molecule has 3 rings (SSSR count). The lowest BCUT2D eigenvalue weighted by Gasteiger charge is -2.38. The van der Waals surface area contributed by atoms with E-state index in [1.54, 1.807) is 13.0 Å². The summed E-state index contributed by atoms with van der Waals surface area (Å²) in [6, 6.07) is 3.12. The standard InChI is InChI=1S/C19H27N3O3S/c1-14(23)21-11-7-15(8-12-21)17(19(25)22-9-3-2-4-10-22)20-18(24)16-6-5-13-26-16/h5-6,13,15,17H,2-4,7-12H2,1H3,(H,20,24). The van der Waals surface area contributed by atoms with Crippen LogP contribution in [0.15, 0.2) is 17.5 Å². The predicted molar refractivity (Wildman–Crippen MR) is 101 cm³/mol. The van der Waals surface area contributed by atoms with Crippen molar-refractivity contribution in [2.24, 2.45) is 5.92 Å². The van der Waals surface area contributed by atoms with Crippen molar-refractivity contribution in [3.8, 4) is 0 Å². The van der Waals surface area contributed by atoms with E-state index in [-0.39, 0.29) is 23.6 Å². The number of amides is 3. The molecule has 7 heteroatoms. The van der Waals surface area contributed by atoms with Crippen LogP contribution in [0.4, 0.5) is 0 Å². The number of nitrogens with one attached hydrogen (secondary N) is 1. The topological polar surface area (TPSA) is 69.7 Å². The summed E-state index contributed by atoms with van der Waals surface area (Å²) < 4.78 is 0. The minimum atomic E-state index is -0.503. The lowest BCUT2D eigenvalue weighted by Crippen LogP contribution is -2.55. The number of hydrogen-bond acceptors (Lipinski definition) is 4. The number of piperidine rings is 2. The molecule has 0 aliphatic carbocycles. The smallest absolute Gasteiger partial charge is 0.262 e. The number of thiophene rings is 1. The molecule has 26 heavy (non-hydrogen) atoms. The molecule has 0 bridgehead atoms. The van der Waals surface area contributed by atoms with Crippen molar-refractivity contribution in [1.29, 1.82) is 0 Å². The summed E-state index contributed by atoms with van der Waals surface area (Å²) in [7, 11) is 0. The van der Waals surface area contributed by atoms with Crippen molar-refractivity contribution in [1.82, 2.24) is 15.1 Å². The molecule has 1 unspecified atom stereocenters. The Bertz CT molecular complexity index is 632. The molecule has 3 amide bonds. The molecule has 1 aromatic rings. The molecule has 142 valence electrons. The normalized spacial score (nSPS) is 19.9. The number of likely N-dealkylation sites (tertiary alicyclic amines) is 2. The third kappa shape index (κ3) is 4.44. The second-order valence-corrected chi connectivity index (χ2v) is 8.11. The van der Waals surface area contributed by atoms with Crippen LogP contribution in [0.3, 0.4) is 0 Å². The first-order valence-electron chi connectivity index (χ1n) is 9.45. The van der Waals surface area contributed by atoms with Crippen molar-refractivity contribution in [3.63, 3.8) is 0 Å². The molecule has 2 aliphatic rings. The lowest BCUT2D eigenvalue weighted by atomic mass is 9.88. The number of carbonyl (C=O) groups is 3. The van der Waals surface area contributed by atoms with Crippen LogP contribution in [-0.2, 0) is 9.59 Å². The molecule has 2 fully saturated rings. The van der Waals surface area contributed by atoms with E-state index in [0.29, 0.717) is 18.0 Å². The van der Waals surface area contributed by atoms with E-state index < -0.39 is 6.04 Å². The maximum atomic E-state index is 13.2. The minimum absolute atomic E-state index is 0.0379. The highest BCUT2D eigenvalue weighted by molar-refractivity contribution is 7.12. The second-order valence-electron chi connectivity index (χ2n) is 7.16. The summed E-state index contributed by atoms with van der Waals surface area (Å²) >= 11 is 1.38. The SMILES string of the molecule is CC(=O)N1CCC(C(NC(=O)c2cccs2)C(=O)N2CCCCC2)CC1. The van der Waals surface area contributed by atoms with Gasteiger partial charge in [-0.15, -0.1) is 11.3 Å². The Hall–Kier alpha value is -1.89. The van der Waals surface area contributed by atoms with Gasteiger partial charge in [0.15, 0.2) is 0 Å². The van der Waals surface area contributed by atoms with Gasteiger partial charge in [0, 0.05) is 33.1 Å². The number of carbonyl (C=O) groups excluding carboxylic acids is 3. The molecule has 0 aromatic carbocycles.